The number of hydrogen-bond acceptors (Lipinski definition) is 5. The lowest BCUT2D eigenvalue weighted by atomic mass is 10.1. The molecule has 0 unspecified atom stereocenters. The van der Waals surface area contributed by atoms with Crippen molar-refractivity contribution >= 4 is 23.8 Å². The zero-order valence-corrected chi connectivity index (χ0v) is 14.4. The summed E-state index contributed by atoms with van der Waals surface area (Å²) in [5.74, 6) is 0.440. The Balaban J connectivity index is 1.74. The van der Waals surface area contributed by atoms with Gasteiger partial charge in [0.1, 0.15) is 17.8 Å². The predicted molar refractivity (Wildman–Crippen MR) is 94.8 cm³/mol. The van der Waals surface area contributed by atoms with Gasteiger partial charge in [-0.25, -0.2) is 9.97 Å². The van der Waals surface area contributed by atoms with Crippen LogP contribution in [0.25, 0.3) is 0 Å². The minimum absolute atomic E-state index is 0.142. The number of carbonyl (C=O) groups excluding carboxylic acids is 2. The van der Waals surface area contributed by atoms with Crippen molar-refractivity contribution in [3.05, 3.63) is 47.4 Å². The SMILES string of the molecule is Cc1cccc(Nc2cc(C(=O)N3CCN(C=O)CC3)ncn2)c1C. The first-order valence-corrected chi connectivity index (χ1v) is 8.22. The van der Waals surface area contributed by atoms with Crippen LogP contribution in [0.5, 0.6) is 0 Å². The Hall–Kier alpha value is -2.96. The van der Waals surface area contributed by atoms with Gasteiger partial charge in [0.2, 0.25) is 6.41 Å². The van der Waals surface area contributed by atoms with Crippen molar-refractivity contribution < 1.29 is 9.59 Å². The number of nitrogens with zero attached hydrogens (tertiary/aromatic N) is 4. The quantitative estimate of drug-likeness (QED) is 0.859. The van der Waals surface area contributed by atoms with Crippen LogP contribution in [0.2, 0.25) is 0 Å². The highest BCUT2D eigenvalue weighted by Crippen LogP contribution is 2.22. The molecule has 0 saturated carbocycles. The maximum Gasteiger partial charge on any atom is 0.272 e. The fourth-order valence-corrected chi connectivity index (χ4v) is 2.76. The van der Waals surface area contributed by atoms with Crippen LogP contribution in [-0.2, 0) is 4.79 Å². The second-order valence-corrected chi connectivity index (χ2v) is 6.09. The number of nitrogens with one attached hydrogen (secondary N) is 1. The molecule has 2 aromatic rings. The second-order valence-electron chi connectivity index (χ2n) is 6.09. The molecule has 1 saturated heterocycles. The Morgan fingerprint density at radius 1 is 1.16 bits per heavy atom. The molecule has 1 aromatic carbocycles. The summed E-state index contributed by atoms with van der Waals surface area (Å²) in [6, 6.07) is 7.67. The van der Waals surface area contributed by atoms with E-state index in [9.17, 15) is 9.59 Å². The monoisotopic (exact) mass is 339 g/mol. The summed E-state index contributed by atoms with van der Waals surface area (Å²) in [5, 5.41) is 3.25. The summed E-state index contributed by atoms with van der Waals surface area (Å²) < 4.78 is 0. The third-order valence-corrected chi connectivity index (χ3v) is 4.50. The maximum absolute atomic E-state index is 12.6. The number of aryl methyl sites for hydroxylation is 1. The number of piperazine rings is 1. The van der Waals surface area contributed by atoms with Gasteiger partial charge in [-0.05, 0) is 31.0 Å². The molecule has 1 fully saturated rings. The molecule has 7 heteroatoms. The zero-order chi connectivity index (χ0) is 17.8. The first-order chi connectivity index (χ1) is 12.1. The smallest absolute Gasteiger partial charge is 0.272 e. The Bertz CT molecular complexity index is 785. The highest BCUT2D eigenvalue weighted by molar-refractivity contribution is 5.93. The van der Waals surface area contributed by atoms with Crippen LogP contribution in [0.1, 0.15) is 21.6 Å². The van der Waals surface area contributed by atoms with Crippen molar-refractivity contribution in [3.63, 3.8) is 0 Å². The van der Waals surface area contributed by atoms with Crippen LogP contribution in [0.4, 0.5) is 11.5 Å². The first kappa shape index (κ1) is 16.9. The third kappa shape index (κ3) is 3.76. The lowest BCUT2D eigenvalue weighted by Crippen LogP contribution is -2.48. The van der Waals surface area contributed by atoms with E-state index in [1.54, 1.807) is 15.9 Å². The van der Waals surface area contributed by atoms with Crippen LogP contribution in [0.3, 0.4) is 0 Å². The fraction of sp³-hybridized carbons (Fsp3) is 0.333. The number of benzene rings is 1. The van der Waals surface area contributed by atoms with Crippen molar-refractivity contribution in [2.75, 3.05) is 31.5 Å². The van der Waals surface area contributed by atoms with Gasteiger partial charge in [-0.2, -0.15) is 0 Å². The summed E-state index contributed by atoms with van der Waals surface area (Å²) in [6.45, 7) is 6.22. The third-order valence-electron chi connectivity index (χ3n) is 4.50. The maximum atomic E-state index is 12.6. The lowest BCUT2D eigenvalue weighted by Gasteiger charge is -2.32. The van der Waals surface area contributed by atoms with Crippen molar-refractivity contribution in [2.24, 2.45) is 0 Å². The van der Waals surface area contributed by atoms with Gasteiger partial charge in [0.25, 0.3) is 5.91 Å². The molecular formula is C18H21N5O2. The van der Waals surface area contributed by atoms with Crippen LogP contribution in [0.15, 0.2) is 30.6 Å². The van der Waals surface area contributed by atoms with E-state index in [0.717, 1.165) is 17.7 Å². The summed E-state index contributed by atoms with van der Waals surface area (Å²) in [6.07, 6.45) is 2.21. The fourth-order valence-electron chi connectivity index (χ4n) is 2.76. The number of hydrogen-bond donors (Lipinski definition) is 1. The molecule has 1 aromatic heterocycles. The van der Waals surface area contributed by atoms with Gasteiger partial charge in [-0.1, -0.05) is 12.1 Å². The molecule has 25 heavy (non-hydrogen) atoms. The molecule has 3 rings (SSSR count). The van der Waals surface area contributed by atoms with E-state index in [-0.39, 0.29) is 5.91 Å². The van der Waals surface area contributed by atoms with Gasteiger partial charge < -0.3 is 15.1 Å². The van der Waals surface area contributed by atoms with Crippen molar-refractivity contribution in [1.29, 1.82) is 0 Å². The molecule has 1 N–H and O–H groups in total. The minimum atomic E-state index is -0.142. The predicted octanol–water partition coefficient (Wildman–Crippen LogP) is 1.75. The molecule has 130 valence electrons. The topological polar surface area (TPSA) is 78.4 Å². The molecule has 2 heterocycles. The van der Waals surface area contributed by atoms with Gasteiger partial charge in [0.15, 0.2) is 0 Å². The van der Waals surface area contributed by atoms with E-state index in [0.29, 0.717) is 37.7 Å². The van der Waals surface area contributed by atoms with Crippen LogP contribution in [-0.4, -0.2) is 58.3 Å². The highest BCUT2D eigenvalue weighted by Gasteiger charge is 2.22. The summed E-state index contributed by atoms with van der Waals surface area (Å²) in [7, 11) is 0. The van der Waals surface area contributed by atoms with Gasteiger partial charge in [0.05, 0.1) is 0 Å². The number of rotatable bonds is 4. The Labute approximate surface area is 146 Å². The van der Waals surface area contributed by atoms with Gasteiger partial charge in [0, 0.05) is 37.9 Å². The molecule has 2 amide bonds. The Kier molecular flexibility index (Phi) is 4.92. The van der Waals surface area contributed by atoms with Crippen LogP contribution in [0, 0.1) is 13.8 Å². The molecule has 0 radical (unpaired) electrons. The van der Waals surface area contributed by atoms with Crippen LogP contribution < -0.4 is 5.32 Å². The Morgan fingerprint density at radius 2 is 1.92 bits per heavy atom. The van der Waals surface area contributed by atoms with E-state index in [1.807, 2.05) is 19.1 Å². The summed E-state index contributed by atoms with van der Waals surface area (Å²) >= 11 is 0. The van der Waals surface area contributed by atoms with Gasteiger partial charge in [-0.15, -0.1) is 0 Å². The van der Waals surface area contributed by atoms with E-state index in [2.05, 4.69) is 28.3 Å². The number of anilines is 2. The molecule has 0 bridgehead atoms. The minimum Gasteiger partial charge on any atom is -0.342 e. The second kappa shape index (κ2) is 7.29. The lowest BCUT2D eigenvalue weighted by molar-refractivity contribution is -0.119. The first-order valence-electron chi connectivity index (χ1n) is 8.22. The Morgan fingerprint density at radius 3 is 2.64 bits per heavy atom. The number of amides is 2. The van der Waals surface area contributed by atoms with Gasteiger partial charge in [-0.3, -0.25) is 9.59 Å². The zero-order valence-electron chi connectivity index (χ0n) is 14.4. The van der Waals surface area contributed by atoms with E-state index >= 15 is 0 Å². The molecule has 0 atom stereocenters. The van der Waals surface area contributed by atoms with E-state index in [4.69, 9.17) is 0 Å². The summed E-state index contributed by atoms with van der Waals surface area (Å²) in [4.78, 5) is 35.1. The normalized spacial score (nSPS) is 14.3. The van der Waals surface area contributed by atoms with Crippen molar-refractivity contribution in [3.8, 4) is 0 Å². The average molecular weight is 339 g/mol. The number of aromatic nitrogens is 2. The molecule has 1 aliphatic heterocycles. The molecule has 1 aliphatic rings. The molecule has 0 spiro atoms. The number of carbonyl (C=O) groups is 2. The van der Waals surface area contributed by atoms with Crippen molar-refractivity contribution in [1.82, 2.24) is 19.8 Å². The van der Waals surface area contributed by atoms with E-state index < -0.39 is 0 Å². The van der Waals surface area contributed by atoms with Crippen LogP contribution >= 0.6 is 0 Å². The van der Waals surface area contributed by atoms with Gasteiger partial charge >= 0.3 is 0 Å². The highest BCUT2D eigenvalue weighted by atomic mass is 16.2. The molecule has 7 nitrogen and oxygen atoms in total. The largest absolute Gasteiger partial charge is 0.342 e. The standard InChI is InChI=1S/C18H21N5O2/c1-13-4-3-5-15(14(13)2)21-17-10-16(19-11-20-17)18(25)23-8-6-22(12-24)7-9-23/h3-5,10-12H,6-9H2,1-2H3,(H,19,20,21). The molecule has 0 aliphatic carbocycles. The summed E-state index contributed by atoms with van der Waals surface area (Å²) in [5.41, 5.74) is 3.63. The average Bonchev–Trinajstić information content (AvgIpc) is 2.65. The van der Waals surface area contributed by atoms with E-state index in [1.165, 1.54) is 11.9 Å². The molecular weight excluding hydrogens is 318 g/mol. The van der Waals surface area contributed by atoms with Crippen molar-refractivity contribution in [2.45, 2.75) is 13.8 Å².